The van der Waals surface area contributed by atoms with Gasteiger partial charge >= 0.3 is 0 Å². The van der Waals surface area contributed by atoms with Crippen LogP contribution in [0.1, 0.15) is 5.56 Å². The molecule has 1 N–H and O–H groups in total. The Morgan fingerprint density at radius 1 is 0.933 bits per heavy atom. The third-order valence-electron chi connectivity index (χ3n) is 5.50. The van der Waals surface area contributed by atoms with Gasteiger partial charge in [0.2, 0.25) is 5.95 Å². The molecule has 1 fully saturated rings. The first-order valence-corrected chi connectivity index (χ1v) is 10.3. The molecule has 2 aromatic heterocycles. The van der Waals surface area contributed by atoms with Crippen molar-refractivity contribution in [2.75, 3.05) is 38.7 Å². The molecule has 0 unspecified atom stereocenters. The lowest BCUT2D eigenvalue weighted by Gasteiger charge is -2.32. The second-order valence-electron chi connectivity index (χ2n) is 7.78. The van der Waals surface area contributed by atoms with Gasteiger partial charge in [0.1, 0.15) is 0 Å². The van der Waals surface area contributed by atoms with Crippen LogP contribution in [-0.2, 0) is 6.54 Å². The summed E-state index contributed by atoms with van der Waals surface area (Å²) < 4.78 is 1.97. The molecule has 7 heteroatoms. The molecule has 30 heavy (non-hydrogen) atoms. The Balaban J connectivity index is 1.32. The van der Waals surface area contributed by atoms with Gasteiger partial charge in [0.05, 0.1) is 18.3 Å². The molecule has 1 aliphatic rings. The van der Waals surface area contributed by atoms with E-state index in [0.717, 1.165) is 54.8 Å². The highest BCUT2D eigenvalue weighted by Crippen LogP contribution is 2.24. The van der Waals surface area contributed by atoms with Gasteiger partial charge in [-0.05, 0) is 30.3 Å². The van der Waals surface area contributed by atoms with Crippen molar-refractivity contribution >= 4 is 16.9 Å². The van der Waals surface area contributed by atoms with Gasteiger partial charge in [-0.25, -0.2) is 15.0 Å². The van der Waals surface area contributed by atoms with E-state index in [1.54, 1.807) is 0 Å². The van der Waals surface area contributed by atoms with Crippen LogP contribution in [0, 0.1) is 0 Å². The summed E-state index contributed by atoms with van der Waals surface area (Å²) in [7, 11) is 2.15. The molecular weight excluding hydrogens is 374 g/mol. The van der Waals surface area contributed by atoms with E-state index in [-0.39, 0.29) is 0 Å². The Hall–Kier alpha value is -3.29. The van der Waals surface area contributed by atoms with Crippen LogP contribution in [-0.4, -0.2) is 62.9 Å². The average Bonchev–Trinajstić information content (AvgIpc) is 3.24. The number of nitrogens with one attached hydrogen (secondary N) is 1. The van der Waals surface area contributed by atoms with Crippen LogP contribution in [0.5, 0.6) is 0 Å². The second kappa shape index (κ2) is 8.22. The monoisotopic (exact) mass is 399 g/mol. The minimum Gasteiger partial charge on any atom is -0.304 e. The van der Waals surface area contributed by atoms with Crippen molar-refractivity contribution in [3.8, 4) is 11.1 Å². The number of benzene rings is 2. The van der Waals surface area contributed by atoms with Crippen molar-refractivity contribution in [3.05, 3.63) is 72.7 Å². The van der Waals surface area contributed by atoms with Crippen LogP contribution < -0.4 is 5.43 Å². The van der Waals surface area contributed by atoms with Gasteiger partial charge in [-0.3, -0.25) is 10.1 Å². The van der Waals surface area contributed by atoms with Crippen LogP contribution in [0.2, 0.25) is 0 Å². The fraction of sp³-hybridized carbons (Fsp3) is 0.261. The number of aromatic nitrogens is 4. The van der Waals surface area contributed by atoms with E-state index in [0.29, 0.717) is 5.95 Å². The molecule has 0 saturated carbocycles. The predicted molar refractivity (Wildman–Crippen MR) is 119 cm³/mol. The molecule has 0 atom stereocenters. The Morgan fingerprint density at radius 3 is 2.60 bits per heavy atom. The number of anilines is 1. The van der Waals surface area contributed by atoms with Crippen molar-refractivity contribution in [3.63, 3.8) is 0 Å². The van der Waals surface area contributed by atoms with Gasteiger partial charge in [-0.15, -0.1) is 0 Å². The Morgan fingerprint density at radius 2 is 1.77 bits per heavy atom. The number of fused-ring (bicyclic) bond motifs is 1. The summed E-state index contributed by atoms with van der Waals surface area (Å²) in [6, 6.07) is 16.6. The number of likely N-dealkylation sites (N-methyl/N-ethyl adjacent to an activating group) is 1. The second-order valence-corrected chi connectivity index (χ2v) is 7.78. The van der Waals surface area contributed by atoms with Crippen molar-refractivity contribution in [1.29, 1.82) is 0 Å². The number of piperazine rings is 1. The summed E-state index contributed by atoms with van der Waals surface area (Å²) in [5.41, 5.74) is 7.71. The first-order valence-electron chi connectivity index (χ1n) is 10.3. The molecule has 3 heterocycles. The minimum absolute atomic E-state index is 0.649. The number of hydrogen-bond acceptors (Lipinski definition) is 6. The zero-order chi connectivity index (χ0) is 20.3. The number of rotatable bonds is 5. The molecule has 1 saturated heterocycles. The number of hydrogen-bond donors (Lipinski definition) is 1. The summed E-state index contributed by atoms with van der Waals surface area (Å²) in [4.78, 5) is 11.5. The maximum atomic E-state index is 4.69. The Bertz CT molecular complexity index is 1130. The van der Waals surface area contributed by atoms with E-state index < -0.39 is 0 Å². The third kappa shape index (κ3) is 4.17. The predicted octanol–water partition coefficient (Wildman–Crippen LogP) is 3.12. The third-order valence-corrected chi connectivity index (χ3v) is 5.50. The molecule has 4 aromatic rings. The van der Waals surface area contributed by atoms with E-state index in [1.165, 1.54) is 5.56 Å². The van der Waals surface area contributed by atoms with Gasteiger partial charge in [-0.1, -0.05) is 36.4 Å². The van der Waals surface area contributed by atoms with Crippen molar-refractivity contribution in [1.82, 2.24) is 29.7 Å². The molecule has 0 amide bonds. The summed E-state index contributed by atoms with van der Waals surface area (Å²) >= 11 is 0. The highest BCUT2D eigenvalue weighted by Gasteiger charge is 2.14. The van der Waals surface area contributed by atoms with Crippen LogP contribution in [0.4, 0.5) is 5.95 Å². The fourth-order valence-corrected chi connectivity index (χ4v) is 3.70. The van der Waals surface area contributed by atoms with Gasteiger partial charge in [-0.2, -0.15) is 5.10 Å². The first kappa shape index (κ1) is 18.7. The molecule has 152 valence electrons. The molecule has 0 spiro atoms. The van der Waals surface area contributed by atoms with E-state index in [1.807, 2.05) is 23.1 Å². The largest absolute Gasteiger partial charge is 0.304 e. The number of nitrogens with zero attached hydrogens (tertiary/aromatic N) is 6. The van der Waals surface area contributed by atoms with Crippen molar-refractivity contribution in [2.45, 2.75) is 6.54 Å². The average molecular weight is 400 g/mol. The zero-order valence-electron chi connectivity index (χ0n) is 17.1. The number of hydrazine groups is 1. The van der Waals surface area contributed by atoms with Crippen LogP contribution in [0.3, 0.4) is 0 Å². The summed E-state index contributed by atoms with van der Waals surface area (Å²) in [6.07, 6.45) is 5.88. The van der Waals surface area contributed by atoms with Gasteiger partial charge in [0, 0.05) is 49.5 Å². The van der Waals surface area contributed by atoms with E-state index in [4.69, 9.17) is 0 Å². The van der Waals surface area contributed by atoms with Gasteiger partial charge < -0.3 is 4.90 Å². The first-order chi connectivity index (χ1) is 14.7. The molecule has 1 aliphatic heterocycles. The highest BCUT2D eigenvalue weighted by atomic mass is 15.6. The molecule has 5 rings (SSSR count). The van der Waals surface area contributed by atoms with E-state index >= 15 is 0 Å². The molecule has 0 radical (unpaired) electrons. The molecule has 7 nitrogen and oxygen atoms in total. The molecule has 2 aromatic carbocycles. The normalized spacial score (nSPS) is 15.5. The van der Waals surface area contributed by atoms with Crippen LogP contribution in [0.15, 0.2) is 67.1 Å². The Labute approximate surface area is 175 Å². The maximum absolute atomic E-state index is 4.69. The molecule has 0 aliphatic carbocycles. The van der Waals surface area contributed by atoms with Gasteiger partial charge in [0.25, 0.3) is 0 Å². The fourth-order valence-electron chi connectivity index (χ4n) is 3.70. The smallest absolute Gasteiger partial charge is 0.238 e. The minimum atomic E-state index is 0.649. The van der Waals surface area contributed by atoms with Crippen molar-refractivity contribution < 1.29 is 0 Å². The summed E-state index contributed by atoms with van der Waals surface area (Å²) in [6.45, 7) is 4.77. The van der Waals surface area contributed by atoms with Gasteiger partial charge in [0.15, 0.2) is 0 Å². The van der Waals surface area contributed by atoms with Crippen molar-refractivity contribution in [2.24, 2.45) is 0 Å². The lowest BCUT2D eigenvalue weighted by molar-refractivity contribution is 0.178. The summed E-state index contributed by atoms with van der Waals surface area (Å²) in [5, 5.41) is 7.72. The lowest BCUT2D eigenvalue weighted by atomic mass is 10.1. The molecular formula is C23H25N7. The zero-order valence-corrected chi connectivity index (χ0v) is 17.1. The topological polar surface area (TPSA) is 62.1 Å². The maximum Gasteiger partial charge on any atom is 0.238 e. The SMILES string of the molecule is CN1CCN(Nc2ncc3cc(-c4cnn(Cc5ccccc5)c4)ccc3n2)CC1. The summed E-state index contributed by atoms with van der Waals surface area (Å²) in [5.74, 6) is 0.649. The molecule has 0 bridgehead atoms. The van der Waals surface area contributed by atoms with E-state index in [9.17, 15) is 0 Å². The lowest BCUT2D eigenvalue weighted by Crippen LogP contribution is -2.47. The quantitative estimate of drug-likeness (QED) is 0.556. The highest BCUT2D eigenvalue weighted by molar-refractivity contribution is 5.84. The Kier molecular flexibility index (Phi) is 5.13. The van der Waals surface area contributed by atoms with Crippen LogP contribution in [0.25, 0.3) is 22.0 Å². The van der Waals surface area contributed by atoms with E-state index in [2.05, 4.69) is 86.1 Å². The van der Waals surface area contributed by atoms with Crippen LogP contribution >= 0.6 is 0 Å². The standard InChI is InChI=1S/C23H25N7/c1-28-9-11-29(12-10-28)27-23-24-14-20-13-19(7-8-22(20)26-23)21-15-25-30(17-21)16-18-5-3-2-4-6-18/h2-8,13-15,17H,9-12,16H2,1H3,(H,24,26,27).